The molecule has 0 unspecified atom stereocenters. The van der Waals surface area contributed by atoms with Crippen LogP contribution < -0.4 is 15.4 Å². The summed E-state index contributed by atoms with van der Waals surface area (Å²) in [6.45, 7) is 2.00. The summed E-state index contributed by atoms with van der Waals surface area (Å²) in [6, 6.07) is 15.4. The van der Waals surface area contributed by atoms with Crippen molar-refractivity contribution >= 4 is 11.6 Å². The second kappa shape index (κ2) is 9.36. The minimum Gasteiger partial charge on any atom is -0.457 e. The molecular weight excluding hydrogens is 328 g/mol. The minimum absolute atomic E-state index is 0.0223. The normalized spacial score (nSPS) is 13.4. The fraction of sp³-hybridized carbons (Fsp3) is 0.381. The number of rotatable bonds is 10. The Kier molecular flexibility index (Phi) is 6.63. The van der Waals surface area contributed by atoms with Gasteiger partial charge in [0.25, 0.3) is 0 Å². The molecule has 2 aromatic rings. The maximum absolute atomic E-state index is 11.9. The predicted octanol–water partition coefficient (Wildman–Crippen LogP) is 3.61. The van der Waals surface area contributed by atoms with E-state index in [9.17, 15) is 4.79 Å². The van der Waals surface area contributed by atoms with Gasteiger partial charge >= 0.3 is 0 Å². The fourth-order valence-corrected chi connectivity index (χ4v) is 2.60. The van der Waals surface area contributed by atoms with Gasteiger partial charge in [0.2, 0.25) is 5.91 Å². The molecule has 1 amide bonds. The summed E-state index contributed by atoms with van der Waals surface area (Å²) >= 11 is 0. The molecule has 1 saturated carbocycles. The highest BCUT2D eigenvalue weighted by atomic mass is 16.5. The number of anilines is 1. The van der Waals surface area contributed by atoms with Crippen molar-refractivity contribution in [2.45, 2.75) is 19.3 Å². The van der Waals surface area contributed by atoms with Crippen LogP contribution in [0.25, 0.3) is 0 Å². The van der Waals surface area contributed by atoms with Gasteiger partial charge in [-0.05, 0) is 73.7 Å². The summed E-state index contributed by atoms with van der Waals surface area (Å²) in [5, 5.41) is 6.07. The summed E-state index contributed by atoms with van der Waals surface area (Å²) in [6.07, 6.45) is 3.46. The molecule has 5 heteroatoms. The van der Waals surface area contributed by atoms with Crippen LogP contribution in [0.5, 0.6) is 11.5 Å². The number of benzene rings is 2. The Labute approximate surface area is 154 Å². The average Bonchev–Trinajstić information content (AvgIpc) is 3.47. The second-order valence-corrected chi connectivity index (χ2v) is 6.64. The van der Waals surface area contributed by atoms with Gasteiger partial charge in [0, 0.05) is 12.8 Å². The van der Waals surface area contributed by atoms with E-state index in [1.807, 2.05) is 48.5 Å². The van der Waals surface area contributed by atoms with Gasteiger partial charge in [-0.1, -0.05) is 12.1 Å². The summed E-state index contributed by atoms with van der Waals surface area (Å²) in [4.78, 5) is 11.9. The lowest BCUT2D eigenvalue weighted by atomic mass is 10.1. The SMILES string of the molecule is COCCc1ccc(Oc2ccc(NC(=O)CNCC3CC3)cc2)cc1. The van der Waals surface area contributed by atoms with Crippen LogP contribution in [0.2, 0.25) is 0 Å². The molecule has 2 aromatic carbocycles. The first-order valence-electron chi connectivity index (χ1n) is 9.09. The van der Waals surface area contributed by atoms with Crippen molar-refractivity contribution in [3.8, 4) is 11.5 Å². The van der Waals surface area contributed by atoms with Crippen LogP contribution in [0.15, 0.2) is 48.5 Å². The molecular formula is C21H26N2O3. The largest absolute Gasteiger partial charge is 0.457 e. The Morgan fingerprint density at radius 1 is 1.04 bits per heavy atom. The fourth-order valence-electron chi connectivity index (χ4n) is 2.60. The molecule has 0 saturated heterocycles. The first-order chi connectivity index (χ1) is 12.7. The highest BCUT2D eigenvalue weighted by Gasteiger charge is 2.20. The Hall–Kier alpha value is -2.37. The van der Waals surface area contributed by atoms with Crippen molar-refractivity contribution in [1.82, 2.24) is 5.32 Å². The average molecular weight is 354 g/mol. The molecule has 2 N–H and O–H groups in total. The molecule has 0 aromatic heterocycles. The van der Waals surface area contributed by atoms with Crippen LogP contribution in [-0.4, -0.2) is 32.7 Å². The van der Waals surface area contributed by atoms with E-state index in [0.29, 0.717) is 13.2 Å². The smallest absolute Gasteiger partial charge is 0.238 e. The van der Waals surface area contributed by atoms with E-state index in [-0.39, 0.29) is 5.91 Å². The van der Waals surface area contributed by atoms with Crippen molar-refractivity contribution in [2.24, 2.45) is 5.92 Å². The molecule has 0 heterocycles. The van der Waals surface area contributed by atoms with E-state index < -0.39 is 0 Å². The molecule has 1 aliphatic rings. The number of ether oxygens (including phenoxy) is 2. The highest BCUT2D eigenvalue weighted by molar-refractivity contribution is 5.92. The molecule has 26 heavy (non-hydrogen) atoms. The van der Waals surface area contributed by atoms with Crippen molar-refractivity contribution in [3.05, 3.63) is 54.1 Å². The number of hydrogen-bond donors (Lipinski definition) is 2. The molecule has 0 spiro atoms. The third-order valence-corrected chi connectivity index (χ3v) is 4.31. The molecule has 138 valence electrons. The van der Waals surface area contributed by atoms with Crippen LogP contribution in [0.3, 0.4) is 0 Å². The number of carbonyl (C=O) groups excluding carboxylic acids is 1. The molecule has 0 atom stereocenters. The number of carbonyl (C=O) groups is 1. The summed E-state index contributed by atoms with van der Waals surface area (Å²) in [5.41, 5.74) is 1.98. The topological polar surface area (TPSA) is 59.6 Å². The Bertz CT molecular complexity index is 694. The molecule has 3 rings (SSSR count). The van der Waals surface area contributed by atoms with Crippen molar-refractivity contribution in [2.75, 3.05) is 32.1 Å². The third kappa shape index (κ3) is 6.17. The molecule has 5 nitrogen and oxygen atoms in total. The standard InChI is InChI=1S/C21H26N2O3/c1-25-13-12-16-4-8-19(9-5-16)26-20-10-6-18(7-11-20)23-21(24)15-22-14-17-2-3-17/h4-11,17,22H,2-3,12-15H2,1H3,(H,23,24). The molecule has 0 aliphatic heterocycles. The maximum Gasteiger partial charge on any atom is 0.238 e. The third-order valence-electron chi connectivity index (χ3n) is 4.31. The Balaban J connectivity index is 1.45. The van der Waals surface area contributed by atoms with Gasteiger partial charge < -0.3 is 20.1 Å². The van der Waals surface area contributed by atoms with E-state index in [1.165, 1.54) is 18.4 Å². The number of nitrogens with one attached hydrogen (secondary N) is 2. The number of hydrogen-bond acceptors (Lipinski definition) is 4. The Morgan fingerprint density at radius 2 is 1.69 bits per heavy atom. The lowest BCUT2D eigenvalue weighted by Gasteiger charge is -2.09. The van der Waals surface area contributed by atoms with E-state index >= 15 is 0 Å². The van der Waals surface area contributed by atoms with Gasteiger partial charge in [0.05, 0.1) is 13.2 Å². The zero-order valence-corrected chi connectivity index (χ0v) is 15.2. The number of methoxy groups -OCH3 is 1. The van der Waals surface area contributed by atoms with Crippen molar-refractivity contribution in [1.29, 1.82) is 0 Å². The van der Waals surface area contributed by atoms with Crippen molar-refractivity contribution in [3.63, 3.8) is 0 Å². The van der Waals surface area contributed by atoms with Gasteiger partial charge in [-0.25, -0.2) is 0 Å². The molecule has 1 aliphatic carbocycles. The predicted molar refractivity (Wildman–Crippen MR) is 103 cm³/mol. The van der Waals surface area contributed by atoms with Crippen LogP contribution >= 0.6 is 0 Å². The van der Waals surface area contributed by atoms with Crippen LogP contribution in [-0.2, 0) is 16.0 Å². The van der Waals surface area contributed by atoms with Crippen LogP contribution in [0.1, 0.15) is 18.4 Å². The van der Waals surface area contributed by atoms with Gasteiger partial charge in [0.15, 0.2) is 0 Å². The lowest BCUT2D eigenvalue weighted by Crippen LogP contribution is -2.29. The van der Waals surface area contributed by atoms with Crippen LogP contribution in [0, 0.1) is 5.92 Å². The van der Waals surface area contributed by atoms with Crippen molar-refractivity contribution < 1.29 is 14.3 Å². The second-order valence-electron chi connectivity index (χ2n) is 6.64. The quantitative estimate of drug-likeness (QED) is 0.684. The van der Waals surface area contributed by atoms with Crippen LogP contribution in [0.4, 0.5) is 5.69 Å². The monoisotopic (exact) mass is 354 g/mol. The van der Waals surface area contributed by atoms with E-state index in [0.717, 1.165) is 36.1 Å². The molecule has 0 radical (unpaired) electrons. The minimum atomic E-state index is -0.0223. The van der Waals surface area contributed by atoms with E-state index in [2.05, 4.69) is 10.6 Å². The summed E-state index contributed by atoms with van der Waals surface area (Å²) in [7, 11) is 1.70. The maximum atomic E-state index is 11.9. The zero-order valence-electron chi connectivity index (χ0n) is 15.2. The van der Waals surface area contributed by atoms with E-state index in [1.54, 1.807) is 7.11 Å². The molecule has 1 fully saturated rings. The first-order valence-corrected chi connectivity index (χ1v) is 9.09. The Morgan fingerprint density at radius 3 is 2.31 bits per heavy atom. The zero-order chi connectivity index (χ0) is 18.2. The van der Waals surface area contributed by atoms with Gasteiger partial charge in [-0.2, -0.15) is 0 Å². The lowest BCUT2D eigenvalue weighted by molar-refractivity contribution is -0.115. The number of amides is 1. The van der Waals surface area contributed by atoms with Gasteiger partial charge in [-0.3, -0.25) is 4.79 Å². The van der Waals surface area contributed by atoms with Gasteiger partial charge in [0.1, 0.15) is 11.5 Å². The highest BCUT2D eigenvalue weighted by Crippen LogP contribution is 2.27. The first kappa shape index (κ1) is 18.4. The summed E-state index contributed by atoms with van der Waals surface area (Å²) < 4.78 is 10.9. The summed E-state index contributed by atoms with van der Waals surface area (Å²) in [5.74, 6) is 2.27. The van der Waals surface area contributed by atoms with E-state index in [4.69, 9.17) is 9.47 Å². The molecule has 0 bridgehead atoms. The van der Waals surface area contributed by atoms with Gasteiger partial charge in [-0.15, -0.1) is 0 Å².